The molecule has 116 valence electrons. The molecule has 0 aliphatic rings. The van der Waals surface area contributed by atoms with Crippen LogP contribution in [0.1, 0.15) is 30.1 Å². The zero-order valence-electron chi connectivity index (χ0n) is 12.4. The van der Waals surface area contributed by atoms with Gasteiger partial charge in [-0.25, -0.2) is 0 Å². The van der Waals surface area contributed by atoms with Crippen LogP contribution in [0.25, 0.3) is 0 Å². The van der Waals surface area contributed by atoms with Gasteiger partial charge in [0.1, 0.15) is 5.75 Å². The lowest BCUT2D eigenvalue weighted by atomic mass is 10.2. The molecule has 4 nitrogen and oxygen atoms in total. The predicted octanol–water partition coefficient (Wildman–Crippen LogP) is 4.35. The number of amides is 1. The normalized spacial score (nSPS) is 10.3. The minimum atomic E-state index is -0.220. The van der Waals surface area contributed by atoms with E-state index in [4.69, 9.17) is 22.1 Å². The molecule has 0 atom stereocenters. The van der Waals surface area contributed by atoms with Crippen molar-refractivity contribution in [2.75, 3.05) is 17.7 Å². The number of halogens is 1. The molecule has 2 aromatic rings. The number of nitrogens with one attached hydrogen (secondary N) is 1. The van der Waals surface area contributed by atoms with Crippen molar-refractivity contribution in [1.29, 1.82) is 0 Å². The smallest absolute Gasteiger partial charge is 0.255 e. The van der Waals surface area contributed by atoms with Crippen LogP contribution in [0.5, 0.6) is 5.75 Å². The highest BCUT2D eigenvalue weighted by atomic mass is 35.5. The molecule has 0 saturated heterocycles. The number of nitrogen functional groups attached to an aromatic ring is 1. The summed E-state index contributed by atoms with van der Waals surface area (Å²) in [5, 5.41) is 3.25. The van der Waals surface area contributed by atoms with Crippen molar-refractivity contribution in [2.24, 2.45) is 0 Å². The molecule has 0 unspecified atom stereocenters. The molecular formula is C17H19ClN2O2. The van der Waals surface area contributed by atoms with Crippen molar-refractivity contribution in [2.45, 2.75) is 19.8 Å². The highest BCUT2D eigenvalue weighted by Crippen LogP contribution is 2.23. The molecule has 5 heteroatoms. The van der Waals surface area contributed by atoms with Crippen LogP contribution in [0.4, 0.5) is 11.4 Å². The number of anilines is 2. The zero-order valence-corrected chi connectivity index (χ0v) is 13.2. The fourth-order valence-electron chi connectivity index (χ4n) is 1.89. The Labute approximate surface area is 135 Å². The standard InChI is InChI=1S/C17H19ClN2O2/c1-2-3-9-22-14-6-4-5-12(10-14)17(21)20-13-7-8-15(18)16(19)11-13/h4-8,10-11H,2-3,9,19H2,1H3,(H,20,21). The van der Waals surface area contributed by atoms with E-state index in [9.17, 15) is 4.79 Å². The first kappa shape index (κ1) is 16.2. The van der Waals surface area contributed by atoms with Crippen LogP contribution in [-0.4, -0.2) is 12.5 Å². The Kier molecular flexibility index (Phi) is 5.67. The van der Waals surface area contributed by atoms with Gasteiger partial charge >= 0.3 is 0 Å². The van der Waals surface area contributed by atoms with E-state index in [0.717, 1.165) is 12.8 Å². The van der Waals surface area contributed by atoms with Crippen molar-refractivity contribution in [1.82, 2.24) is 0 Å². The molecule has 0 radical (unpaired) electrons. The summed E-state index contributed by atoms with van der Waals surface area (Å²) < 4.78 is 5.60. The fraction of sp³-hybridized carbons (Fsp3) is 0.235. The van der Waals surface area contributed by atoms with Crippen LogP contribution in [0.3, 0.4) is 0 Å². The van der Waals surface area contributed by atoms with E-state index < -0.39 is 0 Å². The minimum absolute atomic E-state index is 0.220. The number of nitrogens with two attached hydrogens (primary N) is 1. The lowest BCUT2D eigenvalue weighted by Crippen LogP contribution is -2.12. The molecule has 3 N–H and O–H groups in total. The fourth-order valence-corrected chi connectivity index (χ4v) is 2.00. The highest BCUT2D eigenvalue weighted by Gasteiger charge is 2.08. The second kappa shape index (κ2) is 7.71. The molecule has 0 bridgehead atoms. The van der Waals surface area contributed by atoms with Crippen molar-refractivity contribution < 1.29 is 9.53 Å². The minimum Gasteiger partial charge on any atom is -0.494 e. The number of carbonyl (C=O) groups is 1. The zero-order chi connectivity index (χ0) is 15.9. The third kappa shape index (κ3) is 4.40. The van der Waals surface area contributed by atoms with Gasteiger partial charge in [-0.1, -0.05) is 31.0 Å². The summed E-state index contributed by atoms with van der Waals surface area (Å²) in [4.78, 5) is 12.3. The summed E-state index contributed by atoms with van der Waals surface area (Å²) in [5.41, 5.74) is 7.28. The van der Waals surface area contributed by atoms with Gasteiger partial charge in [0.05, 0.1) is 17.3 Å². The van der Waals surface area contributed by atoms with Crippen molar-refractivity contribution in [3.05, 3.63) is 53.1 Å². The molecule has 1 amide bonds. The van der Waals surface area contributed by atoms with Gasteiger partial charge < -0.3 is 15.8 Å². The number of benzene rings is 2. The van der Waals surface area contributed by atoms with Gasteiger partial charge in [0.2, 0.25) is 0 Å². The number of hydrogen-bond acceptors (Lipinski definition) is 3. The number of ether oxygens (including phenoxy) is 1. The predicted molar refractivity (Wildman–Crippen MR) is 90.7 cm³/mol. The summed E-state index contributed by atoms with van der Waals surface area (Å²) in [7, 11) is 0. The Bertz CT molecular complexity index is 659. The summed E-state index contributed by atoms with van der Waals surface area (Å²) in [6, 6.07) is 12.1. The molecule has 0 saturated carbocycles. The van der Waals surface area contributed by atoms with E-state index >= 15 is 0 Å². The molecule has 0 aliphatic heterocycles. The number of carbonyl (C=O) groups excluding carboxylic acids is 1. The van der Waals surface area contributed by atoms with Gasteiger partial charge in [-0.3, -0.25) is 4.79 Å². The summed E-state index contributed by atoms with van der Waals surface area (Å²) >= 11 is 5.86. The van der Waals surface area contributed by atoms with E-state index in [2.05, 4.69) is 12.2 Å². The second-order valence-corrected chi connectivity index (χ2v) is 5.33. The van der Waals surface area contributed by atoms with Gasteiger partial charge in [0.15, 0.2) is 0 Å². The molecule has 2 rings (SSSR count). The third-order valence-electron chi connectivity index (χ3n) is 3.12. The highest BCUT2D eigenvalue weighted by molar-refractivity contribution is 6.33. The van der Waals surface area contributed by atoms with Crippen LogP contribution in [-0.2, 0) is 0 Å². The van der Waals surface area contributed by atoms with Crippen LogP contribution in [0, 0.1) is 0 Å². The lowest BCUT2D eigenvalue weighted by Gasteiger charge is -2.09. The maximum atomic E-state index is 12.3. The van der Waals surface area contributed by atoms with E-state index in [1.54, 1.807) is 36.4 Å². The van der Waals surface area contributed by atoms with Gasteiger partial charge in [-0.2, -0.15) is 0 Å². The molecule has 0 heterocycles. The third-order valence-corrected chi connectivity index (χ3v) is 3.46. The van der Waals surface area contributed by atoms with E-state index in [0.29, 0.717) is 34.3 Å². The largest absolute Gasteiger partial charge is 0.494 e. The molecule has 22 heavy (non-hydrogen) atoms. The van der Waals surface area contributed by atoms with Crippen molar-refractivity contribution in [3.63, 3.8) is 0 Å². The first-order chi connectivity index (χ1) is 10.6. The van der Waals surface area contributed by atoms with Gasteiger partial charge in [-0.15, -0.1) is 0 Å². The Hall–Kier alpha value is -2.20. The first-order valence-corrected chi connectivity index (χ1v) is 7.57. The summed E-state index contributed by atoms with van der Waals surface area (Å²) in [5.74, 6) is 0.472. The topological polar surface area (TPSA) is 64.3 Å². The molecule has 0 spiro atoms. The summed E-state index contributed by atoms with van der Waals surface area (Å²) in [6.45, 7) is 2.75. The average molecular weight is 319 g/mol. The Morgan fingerprint density at radius 1 is 1.27 bits per heavy atom. The number of hydrogen-bond donors (Lipinski definition) is 2. The van der Waals surface area contributed by atoms with Gasteiger partial charge in [0, 0.05) is 11.3 Å². The molecule has 0 fully saturated rings. The van der Waals surface area contributed by atoms with E-state index in [-0.39, 0.29) is 5.91 Å². The lowest BCUT2D eigenvalue weighted by molar-refractivity contribution is 0.102. The van der Waals surface area contributed by atoms with Crippen LogP contribution >= 0.6 is 11.6 Å². The SMILES string of the molecule is CCCCOc1cccc(C(=O)Nc2ccc(Cl)c(N)c2)c1. The van der Waals surface area contributed by atoms with Gasteiger partial charge in [-0.05, 0) is 42.8 Å². The first-order valence-electron chi connectivity index (χ1n) is 7.19. The van der Waals surface area contributed by atoms with E-state index in [1.807, 2.05) is 6.07 Å². The van der Waals surface area contributed by atoms with Crippen LogP contribution < -0.4 is 15.8 Å². The van der Waals surface area contributed by atoms with Crippen molar-refractivity contribution in [3.8, 4) is 5.75 Å². The maximum Gasteiger partial charge on any atom is 0.255 e. The molecule has 0 aromatic heterocycles. The number of rotatable bonds is 6. The monoisotopic (exact) mass is 318 g/mol. The molecular weight excluding hydrogens is 300 g/mol. The van der Waals surface area contributed by atoms with E-state index in [1.165, 1.54) is 0 Å². The Morgan fingerprint density at radius 3 is 2.82 bits per heavy atom. The average Bonchev–Trinajstić information content (AvgIpc) is 2.51. The van der Waals surface area contributed by atoms with Crippen LogP contribution in [0.15, 0.2) is 42.5 Å². The number of unbranched alkanes of at least 4 members (excludes halogenated alkanes) is 1. The van der Waals surface area contributed by atoms with Gasteiger partial charge in [0.25, 0.3) is 5.91 Å². The van der Waals surface area contributed by atoms with Crippen LogP contribution in [0.2, 0.25) is 5.02 Å². The maximum absolute atomic E-state index is 12.3. The van der Waals surface area contributed by atoms with Crippen molar-refractivity contribution >= 4 is 28.9 Å². The molecule has 0 aliphatic carbocycles. The second-order valence-electron chi connectivity index (χ2n) is 4.92. The summed E-state index contributed by atoms with van der Waals surface area (Å²) in [6.07, 6.45) is 2.05. The quantitative estimate of drug-likeness (QED) is 0.614. The Balaban J connectivity index is 2.05. The molecule has 2 aromatic carbocycles. The Morgan fingerprint density at radius 2 is 2.09 bits per heavy atom.